The Hall–Kier alpha value is -2.17. The van der Waals surface area contributed by atoms with E-state index in [1.807, 2.05) is 0 Å². The lowest BCUT2D eigenvalue weighted by Gasteiger charge is -2.18. The van der Waals surface area contributed by atoms with Gasteiger partial charge in [0.05, 0.1) is 5.69 Å². The van der Waals surface area contributed by atoms with Crippen molar-refractivity contribution in [3.8, 4) is 5.75 Å². The Kier molecular flexibility index (Phi) is 3.64. The van der Waals surface area contributed by atoms with Gasteiger partial charge in [-0.2, -0.15) is 8.78 Å². The fourth-order valence-electron chi connectivity index (χ4n) is 1.61. The number of hydrogen-bond donors (Lipinski definition) is 1. The average molecular weight is 267 g/mol. The van der Waals surface area contributed by atoms with Gasteiger partial charge in [-0.05, 0) is 12.1 Å². The van der Waals surface area contributed by atoms with Gasteiger partial charge in [-0.1, -0.05) is 36.4 Å². The molecule has 2 N–H and O–H groups in total. The highest BCUT2D eigenvalue weighted by atomic mass is 19.3. The largest absolute Gasteiger partial charge is 0.482 e. The van der Waals surface area contributed by atoms with Crippen molar-refractivity contribution in [2.45, 2.75) is 5.92 Å². The fraction of sp³-hybridized carbons (Fsp3) is 0.143. The third-order valence-electron chi connectivity index (χ3n) is 2.59. The third-order valence-corrected chi connectivity index (χ3v) is 2.59. The molecule has 2 aromatic rings. The van der Waals surface area contributed by atoms with Crippen molar-refractivity contribution in [2.75, 3.05) is 12.3 Å². The van der Waals surface area contributed by atoms with Crippen molar-refractivity contribution in [1.29, 1.82) is 0 Å². The first-order valence-electron chi connectivity index (χ1n) is 5.61. The number of ether oxygens (including phenoxy) is 1. The summed E-state index contributed by atoms with van der Waals surface area (Å²) in [4.78, 5) is 0. The van der Waals surface area contributed by atoms with E-state index in [9.17, 15) is 13.2 Å². The molecular weight excluding hydrogens is 255 g/mol. The van der Waals surface area contributed by atoms with E-state index < -0.39 is 18.3 Å². The number of nitrogen functional groups attached to an aromatic ring is 1. The van der Waals surface area contributed by atoms with E-state index in [0.717, 1.165) is 6.07 Å². The number of halogens is 3. The quantitative estimate of drug-likeness (QED) is 0.859. The highest BCUT2D eigenvalue weighted by Gasteiger charge is 2.33. The molecule has 19 heavy (non-hydrogen) atoms. The van der Waals surface area contributed by atoms with Gasteiger partial charge in [0.2, 0.25) is 0 Å². The lowest BCUT2D eigenvalue weighted by Crippen LogP contribution is -2.23. The minimum Gasteiger partial charge on any atom is -0.482 e. The molecular formula is C14H12F3NO. The van der Waals surface area contributed by atoms with Gasteiger partial charge in [0.25, 0.3) is 0 Å². The Morgan fingerprint density at radius 1 is 1.00 bits per heavy atom. The zero-order valence-electron chi connectivity index (χ0n) is 9.95. The number of benzene rings is 2. The SMILES string of the molecule is Nc1cccc(F)c1OCC(F)(F)c1ccccc1. The maximum atomic E-state index is 13.8. The average Bonchev–Trinajstić information content (AvgIpc) is 2.39. The van der Waals surface area contributed by atoms with Gasteiger partial charge in [0.15, 0.2) is 18.2 Å². The predicted octanol–water partition coefficient (Wildman–Crippen LogP) is 3.58. The summed E-state index contributed by atoms with van der Waals surface area (Å²) in [6, 6.07) is 11.1. The zero-order valence-corrected chi connectivity index (χ0v) is 9.95. The summed E-state index contributed by atoms with van der Waals surface area (Å²) >= 11 is 0. The van der Waals surface area contributed by atoms with Crippen LogP contribution in [0.5, 0.6) is 5.75 Å². The Balaban J connectivity index is 2.14. The number of alkyl halides is 2. The van der Waals surface area contributed by atoms with E-state index in [2.05, 4.69) is 0 Å². The summed E-state index contributed by atoms with van der Waals surface area (Å²) in [5, 5.41) is 0. The molecule has 0 radical (unpaired) electrons. The molecule has 0 heterocycles. The van der Waals surface area contributed by atoms with Gasteiger partial charge in [-0.15, -0.1) is 0 Å². The normalized spacial score (nSPS) is 11.3. The van der Waals surface area contributed by atoms with Crippen LogP contribution in [-0.4, -0.2) is 6.61 Å². The highest BCUT2D eigenvalue weighted by molar-refractivity contribution is 5.52. The van der Waals surface area contributed by atoms with E-state index in [1.54, 1.807) is 6.07 Å². The van der Waals surface area contributed by atoms with E-state index in [1.165, 1.54) is 36.4 Å². The number of rotatable bonds is 4. The second-order valence-corrected chi connectivity index (χ2v) is 4.02. The molecule has 2 rings (SSSR count). The maximum absolute atomic E-state index is 13.8. The van der Waals surface area contributed by atoms with Crippen LogP contribution in [-0.2, 0) is 5.92 Å². The third kappa shape index (κ3) is 2.99. The first-order valence-corrected chi connectivity index (χ1v) is 5.61. The highest BCUT2D eigenvalue weighted by Crippen LogP contribution is 2.31. The van der Waals surface area contributed by atoms with Crippen molar-refractivity contribution in [2.24, 2.45) is 0 Å². The zero-order chi connectivity index (χ0) is 13.9. The molecule has 100 valence electrons. The van der Waals surface area contributed by atoms with Crippen LogP contribution >= 0.6 is 0 Å². The monoisotopic (exact) mass is 267 g/mol. The van der Waals surface area contributed by atoms with Gasteiger partial charge >= 0.3 is 5.92 Å². The van der Waals surface area contributed by atoms with E-state index in [0.29, 0.717) is 0 Å². The Bertz CT molecular complexity index is 538. The van der Waals surface area contributed by atoms with Crippen LogP contribution in [0.25, 0.3) is 0 Å². The molecule has 0 spiro atoms. The van der Waals surface area contributed by atoms with Crippen LogP contribution in [0.2, 0.25) is 0 Å². The molecule has 0 aromatic heterocycles. The molecule has 0 atom stereocenters. The summed E-state index contributed by atoms with van der Waals surface area (Å²) in [7, 11) is 0. The van der Waals surface area contributed by atoms with Crippen molar-refractivity contribution in [3.63, 3.8) is 0 Å². The van der Waals surface area contributed by atoms with Crippen molar-refractivity contribution in [1.82, 2.24) is 0 Å². The summed E-state index contributed by atoms with van der Waals surface area (Å²) < 4.78 is 45.8. The minimum atomic E-state index is -3.21. The van der Waals surface area contributed by atoms with Crippen molar-refractivity contribution >= 4 is 5.69 Å². The molecule has 0 saturated carbocycles. The number of para-hydroxylation sites is 1. The Labute approximate surface area is 108 Å². The van der Waals surface area contributed by atoms with Crippen molar-refractivity contribution in [3.05, 3.63) is 59.9 Å². The van der Waals surface area contributed by atoms with Crippen LogP contribution < -0.4 is 10.5 Å². The fourth-order valence-corrected chi connectivity index (χ4v) is 1.61. The van der Waals surface area contributed by atoms with Crippen LogP contribution in [0, 0.1) is 5.82 Å². The standard InChI is InChI=1S/C14H12F3NO/c15-11-7-4-8-12(18)13(11)19-9-14(16,17)10-5-2-1-3-6-10/h1-8H,9,18H2. The molecule has 0 amide bonds. The first-order chi connectivity index (χ1) is 9.00. The summed E-state index contributed by atoms with van der Waals surface area (Å²) in [5.74, 6) is -4.32. The van der Waals surface area contributed by atoms with Gasteiger partial charge in [-0.25, -0.2) is 4.39 Å². The van der Waals surface area contributed by atoms with Crippen LogP contribution in [0.3, 0.4) is 0 Å². The molecule has 2 nitrogen and oxygen atoms in total. The van der Waals surface area contributed by atoms with E-state index in [-0.39, 0.29) is 17.0 Å². The second-order valence-electron chi connectivity index (χ2n) is 4.02. The van der Waals surface area contributed by atoms with Crippen LogP contribution in [0.4, 0.5) is 18.9 Å². The maximum Gasteiger partial charge on any atom is 0.306 e. The molecule has 0 bridgehead atoms. The summed E-state index contributed by atoms with van der Waals surface area (Å²) in [6.07, 6.45) is 0. The molecule has 0 unspecified atom stereocenters. The summed E-state index contributed by atoms with van der Waals surface area (Å²) in [6.45, 7) is -0.970. The molecule has 0 saturated heterocycles. The topological polar surface area (TPSA) is 35.2 Å². The van der Waals surface area contributed by atoms with E-state index in [4.69, 9.17) is 10.5 Å². The van der Waals surface area contributed by atoms with Crippen LogP contribution in [0.15, 0.2) is 48.5 Å². The van der Waals surface area contributed by atoms with Gasteiger partial charge in [-0.3, -0.25) is 0 Å². The summed E-state index contributed by atoms with van der Waals surface area (Å²) in [5.41, 5.74) is 5.28. The van der Waals surface area contributed by atoms with E-state index >= 15 is 0 Å². The smallest absolute Gasteiger partial charge is 0.306 e. The lowest BCUT2D eigenvalue weighted by atomic mass is 10.1. The van der Waals surface area contributed by atoms with Gasteiger partial charge in [0.1, 0.15) is 0 Å². The molecule has 0 aliphatic heterocycles. The molecule has 0 aliphatic rings. The first kappa shape index (κ1) is 13.3. The van der Waals surface area contributed by atoms with Crippen LogP contribution in [0.1, 0.15) is 5.56 Å². The Morgan fingerprint density at radius 2 is 1.68 bits per heavy atom. The van der Waals surface area contributed by atoms with Gasteiger partial charge < -0.3 is 10.5 Å². The number of nitrogens with two attached hydrogens (primary N) is 1. The molecule has 5 heteroatoms. The minimum absolute atomic E-state index is 0.0103. The second kappa shape index (κ2) is 5.22. The predicted molar refractivity (Wildman–Crippen MR) is 66.6 cm³/mol. The number of anilines is 1. The number of hydrogen-bond acceptors (Lipinski definition) is 2. The van der Waals surface area contributed by atoms with Crippen molar-refractivity contribution < 1.29 is 17.9 Å². The molecule has 2 aromatic carbocycles. The van der Waals surface area contributed by atoms with Gasteiger partial charge in [0, 0.05) is 5.56 Å². The Morgan fingerprint density at radius 3 is 2.32 bits per heavy atom. The lowest BCUT2D eigenvalue weighted by molar-refractivity contribution is -0.0473. The molecule has 0 fully saturated rings. The molecule has 0 aliphatic carbocycles.